The van der Waals surface area contributed by atoms with E-state index in [9.17, 15) is 0 Å². The van der Waals surface area contributed by atoms with E-state index in [0.29, 0.717) is 18.1 Å². The lowest BCUT2D eigenvalue weighted by Gasteiger charge is -2.34. The SMILES string of the molecule is CC1CCN(CC2COC(C)CC(C)OC2)CC1. The Hall–Kier alpha value is -0.120. The molecule has 0 aromatic carbocycles. The van der Waals surface area contributed by atoms with Gasteiger partial charge in [-0.3, -0.25) is 0 Å². The Morgan fingerprint density at radius 1 is 0.944 bits per heavy atom. The number of piperidine rings is 1. The molecule has 3 nitrogen and oxygen atoms in total. The Balaban J connectivity index is 1.77. The summed E-state index contributed by atoms with van der Waals surface area (Å²) < 4.78 is 11.8. The van der Waals surface area contributed by atoms with Gasteiger partial charge in [-0.1, -0.05) is 6.92 Å². The monoisotopic (exact) mass is 255 g/mol. The van der Waals surface area contributed by atoms with Gasteiger partial charge in [-0.05, 0) is 52.1 Å². The van der Waals surface area contributed by atoms with Crippen molar-refractivity contribution in [2.75, 3.05) is 32.8 Å². The van der Waals surface area contributed by atoms with E-state index in [0.717, 1.165) is 32.1 Å². The average Bonchev–Trinajstić information content (AvgIpc) is 2.33. The van der Waals surface area contributed by atoms with E-state index in [1.807, 2.05) is 0 Å². The third-order valence-corrected chi connectivity index (χ3v) is 4.29. The maximum absolute atomic E-state index is 5.92. The summed E-state index contributed by atoms with van der Waals surface area (Å²) >= 11 is 0. The van der Waals surface area contributed by atoms with Gasteiger partial charge in [0, 0.05) is 12.5 Å². The first-order valence-electron chi connectivity index (χ1n) is 7.59. The lowest BCUT2D eigenvalue weighted by molar-refractivity contribution is -0.0745. The Labute approximate surface area is 112 Å². The molecular weight excluding hydrogens is 226 g/mol. The van der Waals surface area contributed by atoms with Crippen LogP contribution in [0.15, 0.2) is 0 Å². The zero-order chi connectivity index (χ0) is 13.0. The summed E-state index contributed by atoms with van der Waals surface area (Å²) in [6.07, 6.45) is 4.39. The van der Waals surface area contributed by atoms with Crippen molar-refractivity contribution in [3.63, 3.8) is 0 Å². The van der Waals surface area contributed by atoms with Gasteiger partial charge in [0.25, 0.3) is 0 Å². The van der Waals surface area contributed by atoms with Gasteiger partial charge in [0.2, 0.25) is 0 Å². The van der Waals surface area contributed by atoms with Crippen LogP contribution in [0.4, 0.5) is 0 Å². The van der Waals surface area contributed by atoms with E-state index < -0.39 is 0 Å². The highest BCUT2D eigenvalue weighted by Crippen LogP contribution is 2.19. The van der Waals surface area contributed by atoms with Gasteiger partial charge in [-0.15, -0.1) is 0 Å². The van der Waals surface area contributed by atoms with Crippen LogP contribution in [0.5, 0.6) is 0 Å². The molecule has 2 atom stereocenters. The molecule has 0 aliphatic carbocycles. The molecule has 18 heavy (non-hydrogen) atoms. The van der Waals surface area contributed by atoms with Crippen LogP contribution in [0, 0.1) is 11.8 Å². The fraction of sp³-hybridized carbons (Fsp3) is 1.00. The molecule has 2 fully saturated rings. The van der Waals surface area contributed by atoms with Crippen molar-refractivity contribution in [3.05, 3.63) is 0 Å². The largest absolute Gasteiger partial charge is 0.378 e. The Morgan fingerprint density at radius 3 is 2.06 bits per heavy atom. The lowest BCUT2D eigenvalue weighted by Crippen LogP contribution is -2.40. The van der Waals surface area contributed by atoms with Crippen LogP contribution in [0.25, 0.3) is 0 Å². The number of nitrogens with zero attached hydrogens (tertiary/aromatic N) is 1. The third-order valence-electron chi connectivity index (χ3n) is 4.29. The summed E-state index contributed by atoms with van der Waals surface area (Å²) in [6, 6.07) is 0. The quantitative estimate of drug-likeness (QED) is 0.757. The maximum atomic E-state index is 5.92. The van der Waals surface area contributed by atoms with E-state index in [2.05, 4.69) is 25.7 Å². The molecule has 0 aromatic rings. The first kappa shape index (κ1) is 14.3. The molecule has 0 spiro atoms. The molecule has 2 aliphatic rings. The zero-order valence-corrected chi connectivity index (χ0v) is 12.2. The lowest BCUT2D eigenvalue weighted by atomic mass is 9.98. The Kier molecular flexibility index (Phi) is 5.46. The number of rotatable bonds is 2. The van der Waals surface area contributed by atoms with Crippen LogP contribution in [-0.2, 0) is 9.47 Å². The van der Waals surface area contributed by atoms with Gasteiger partial charge in [0.1, 0.15) is 0 Å². The van der Waals surface area contributed by atoms with Gasteiger partial charge in [-0.25, -0.2) is 0 Å². The number of hydrogen-bond acceptors (Lipinski definition) is 3. The van der Waals surface area contributed by atoms with Gasteiger partial charge in [0.05, 0.1) is 25.4 Å². The second kappa shape index (κ2) is 6.88. The number of ether oxygens (including phenoxy) is 2. The smallest absolute Gasteiger partial charge is 0.0571 e. The molecule has 3 heteroatoms. The van der Waals surface area contributed by atoms with E-state index in [4.69, 9.17) is 9.47 Å². The molecule has 0 aromatic heterocycles. The first-order valence-corrected chi connectivity index (χ1v) is 7.59. The van der Waals surface area contributed by atoms with E-state index >= 15 is 0 Å². The van der Waals surface area contributed by atoms with Crippen molar-refractivity contribution in [2.45, 2.75) is 52.2 Å². The third kappa shape index (κ3) is 4.52. The number of hydrogen-bond donors (Lipinski definition) is 0. The average molecular weight is 255 g/mol. The summed E-state index contributed by atoms with van der Waals surface area (Å²) in [4.78, 5) is 2.59. The summed E-state index contributed by atoms with van der Waals surface area (Å²) in [6.45, 7) is 12.1. The normalized spacial score (nSPS) is 37.2. The first-order chi connectivity index (χ1) is 8.63. The van der Waals surface area contributed by atoms with Crippen LogP contribution in [0.2, 0.25) is 0 Å². The van der Waals surface area contributed by atoms with E-state index in [-0.39, 0.29) is 0 Å². The van der Waals surface area contributed by atoms with E-state index in [1.165, 1.54) is 25.9 Å². The van der Waals surface area contributed by atoms with Gasteiger partial charge >= 0.3 is 0 Å². The molecule has 0 saturated carbocycles. The van der Waals surface area contributed by atoms with Crippen molar-refractivity contribution in [3.8, 4) is 0 Å². The van der Waals surface area contributed by atoms with Crippen LogP contribution >= 0.6 is 0 Å². The Bertz CT molecular complexity index is 227. The molecule has 106 valence electrons. The van der Waals surface area contributed by atoms with Crippen molar-refractivity contribution in [1.82, 2.24) is 4.90 Å². The minimum atomic E-state index is 0.337. The van der Waals surface area contributed by atoms with Gasteiger partial charge in [0.15, 0.2) is 0 Å². The molecule has 2 saturated heterocycles. The van der Waals surface area contributed by atoms with Crippen LogP contribution in [-0.4, -0.2) is 50.0 Å². The fourth-order valence-corrected chi connectivity index (χ4v) is 2.97. The van der Waals surface area contributed by atoms with Crippen molar-refractivity contribution < 1.29 is 9.47 Å². The summed E-state index contributed by atoms with van der Waals surface area (Å²) in [5.74, 6) is 1.45. The van der Waals surface area contributed by atoms with Crippen molar-refractivity contribution in [2.24, 2.45) is 11.8 Å². The molecule has 2 rings (SSSR count). The number of likely N-dealkylation sites (tertiary alicyclic amines) is 1. The highest BCUT2D eigenvalue weighted by molar-refractivity contribution is 4.74. The van der Waals surface area contributed by atoms with Crippen molar-refractivity contribution in [1.29, 1.82) is 0 Å². The van der Waals surface area contributed by atoms with Crippen LogP contribution in [0.3, 0.4) is 0 Å². The highest BCUT2D eigenvalue weighted by atomic mass is 16.5. The molecule has 0 N–H and O–H groups in total. The van der Waals surface area contributed by atoms with Gasteiger partial charge in [-0.2, -0.15) is 0 Å². The summed E-state index contributed by atoms with van der Waals surface area (Å²) in [5, 5.41) is 0. The van der Waals surface area contributed by atoms with Crippen LogP contribution in [0.1, 0.15) is 40.0 Å². The second-order valence-corrected chi connectivity index (χ2v) is 6.37. The van der Waals surface area contributed by atoms with Crippen molar-refractivity contribution >= 4 is 0 Å². The predicted octanol–water partition coefficient (Wildman–Crippen LogP) is 2.55. The predicted molar refractivity (Wildman–Crippen MR) is 73.8 cm³/mol. The molecule has 0 radical (unpaired) electrons. The second-order valence-electron chi connectivity index (χ2n) is 6.37. The standard InChI is InChI=1S/C15H29NO2/c1-12-4-6-16(7-5-12)9-15-10-17-13(2)8-14(3)18-11-15/h12-15H,4-11H2,1-3H3. The van der Waals surface area contributed by atoms with Crippen LogP contribution < -0.4 is 0 Å². The molecule has 2 unspecified atom stereocenters. The summed E-state index contributed by atoms with van der Waals surface area (Å²) in [5.41, 5.74) is 0. The molecule has 2 heterocycles. The fourth-order valence-electron chi connectivity index (χ4n) is 2.97. The molecule has 2 aliphatic heterocycles. The van der Waals surface area contributed by atoms with Gasteiger partial charge < -0.3 is 14.4 Å². The zero-order valence-electron chi connectivity index (χ0n) is 12.2. The molecular formula is C15H29NO2. The van der Waals surface area contributed by atoms with E-state index in [1.54, 1.807) is 0 Å². The summed E-state index contributed by atoms with van der Waals surface area (Å²) in [7, 11) is 0. The topological polar surface area (TPSA) is 21.7 Å². The minimum absolute atomic E-state index is 0.337. The minimum Gasteiger partial charge on any atom is -0.378 e. The molecule has 0 amide bonds. The maximum Gasteiger partial charge on any atom is 0.0571 e. The Morgan fingerprint density at radius 2 is 1.50 bits per heavy atom. The highest BCUT2D eigenvalue weighted by Gasteiger charge is 2.23. The molecule has 0 bridgehead atoms.